The maximum Gasteiger partial charge on any atom is 0.123 e. The molecular weight excluding hydrogens is 710 g/mol. The maximum atomic E-state index is 14.8. The molecule has 0 amide bonds. The normalized spacial score (nSPS) is 11.5. The van der Waals surface area contributed by atoms with Crippen LogP contribution in [-0.2, 0) is 0 Å². The topological polar surface area (TPSA) is 13.1 Å². The third-order valence-corrected chi connectivity index (χ3v) is 11.3. The molecule has 0 aliphatic carbocycles. The summed E-state index contributed by atoms with van der Waals surface area (Å²) in [5.74, 6) is -0.276. The minimum Gasteiger partial charge on any atom is -0.309 e. The lowest BCUT2D eigenvalue weighted by atomic mass is 10.0. The number of nitrogens with zero attached hydrogens (tertiary/aromatic N) is 3. The van der Waals surface area contributed by atoms with Gasteiger partial charge in [-0.1, -0.05) is 140 Å². The Kier molecular flexibility index (Phi) is 8.00. The summed E-state index contributed by atoms with van der Waals surface area (Å²) in [7, 11) is 0. The van der Waals surface area contributed by atoms with Crippen molar-refractivity contribution in [2.24, 2.45) is 0 Å². The van der Waals surface area contributed by atoms with E-state index in [4.69, 9.17) is 0 Å². The van der Waals surface area contributed by atoms with E-state index in [1.807, 2.05) is 12.1 Å². The van der Waals surface area contributed by atoms with Gasteiger partial charge in [0.2, 0.25) is 0 Å². The molecule has 0 atom stereocenters. The molecule has 0 unspecified atom stereocenters. The van der Waals surface area contributed by atoms with Crippen LogP contribution in [0.25, 0.3) is 77.2 Å². The number of aromatic nitrogens is 2. The summed E-state index contributed by atoms with van der Waals surface area (Å²) in [5, 5.41) is 4.54. The Bertz CT molecular complexity index is 3290. The van der Waals surface area contributed by atoms with Gasteiger partial charge in [-0.2, -0.15) is 0 Å². The molecule has 2 aromatic heterocycles. The zero-order valence-corrected chi connectivity index (χ0v) is 31.5. The molecule has 0 fully saturated rings. The van der Waals surface area contributed by atoms with Crippen LogP contribution in [-0.4, -0.2) is 9.13 Å². The van der Waals surface area contributed by atoms with E-state index < -0.39 is 0 Å². The quantitative estimate of drug-likeness (QED) is 0.158. The van der Waals surface area contributed by atoms with E-state index >= 15 is 0 Å². The van der Waals surface area contributed by atoms with Gasteiger partial charge in [0.15, 0.2) is 0 Å². The van der Waals surface area contributed by atoms with Gasteiger partial charge < -0.3 is 14.0 Å². The van der Waals surface area contributed by atoms with Crippen LogP contribution in [0.4, 0.5) is 21.5 Å². The van der Waals surface area contributed by atoms with Gasteiger partial charge in [0, 0.05) is 38.6 Å². The zero-order chi connectivity index (χ0) is 38.6. The number of benzene rings is 9. The number of para-hydroxylation sites is 3. The van der Waals surface area contributed by atoms with E-state index in [1.165, 1.54) is 5.56 Å². The molecule has 2 heterocycles. The van der Waals surface area contributed by atoms with Crippen molar-refractivity contribution >= 4 is 60.7 Å². The van der Waals surface area contributed by atoms with E-state index in [2.05, 4.69) is 208 Å². The summed E-state index contributed by atoms with van der Waals surface area (Å²) >= 11 is 0. The molecule has 58 heavy (non-hydrogen) atoms. The van der Waals surface area contributed by atoms with Crippen LogP contribution in [0, 0.1) is 5.82 Å². The van der Waals surface area contributed by atoms with Gasteiger partial charge in [-0.05, 0) is 101 Å². The molecule has 9 aromatic carbocycles. The molecule has 4 heteroatoms. The highest BCUT2D eigenvalue weighted by atomic mass is 19.1. The third-order valence-electron chi connectivity index (χ3n) is 11.3. The second kappa shape index (κ2) is 13.8. The number of hydrogen-bond acceptors (Lipinski definition) is 1. The highest BCUT2D eigenvalue weighted by Gasteiger charge is 2.25. The summed E-state index contributed by atoms with van der Waals surface area (Å²) in [6, 6.07) is 75.9. The van der Waals surface area contributed by atoms with Crippen LogP contribution in [0.1, 0.15) is 0 Å². The van der Waals surface area contributed by atoms with Crippen molar-refractivity contribution in [3.05, 3.63) is 224 Å². The predicted octanol–water partition coefficient (Wildman–Crippen LogP) is 14.8. The van der Waals surface area contributed by atoms with Crippen molar-refractivity contribution in [2.45, 2.75) is 0 Å². The summed E-state index contributed by atoms with van der Waals surface area (Å²) in [6.07, 6.45) is 0. The van der Waals surface area contributed by atoms with Crippen LogP contribution < -0.4 is 4.90 Å². The Balaban J connectivity index is 1.21. The fourth-order valence-corrected chi connectivity index (χ4v) is 8.82. The van der Waals surface area contributed by atoms with E-state index in [1.54, 1.807) is 12.1 Å². The summed E-state index contributed by atoms with van der Waals surface area (Å²) in [4.78, 5) is 2.32. The molecule has 0 N–H and O–H groups in total. The molecule has 0 aliphatic rings. The SMILES string of the molecule is Fc1ccc(N(c2cccc3c2c2ccccc2n3-c2cccc(-c3ccccc3)c2)c2cccc3c4ccccc4n(-c4cccc(-c5ccccc5)c4)c23)cc1. The van der Waals surface area contributed by atoms with Gasteiger partial charge in [0.1, 0.15) is 5.82 Å². The van der Waals surface area contributed by atoms with Crippen LogP contribution in [0.15, 0.2) is 218 Å². The molecule has 274 valence electrons. The first-order chi connectivity index (χ1) is 28.7. The first-order valence-corrected chi connectivity index (χ1v) is 19.6. The number of fused-ring (bicyclic) bond motifs is 6. The van der Waals surface area contributed by atoms with Gasteiger partial charge in [0.05, 0.1) is 33.4 Å². The summed E-state index contributed by atoms with van der Waals surface area (Å²) < 4.78 is 19.6. The largest absolute Gasteiger partial charge is 0.309 e. The van der Waals surface area contributed by atoms with Crippen LogP contribution in [0.2, 0.25) is 0 Å². The highest BCUT2D eigenvalue weighted by Crippen LogP contribution is 2.47. The third kappa shape index (κ3) is 5.49. The van der Waals surface area contributed by atoms with E-state index in [0.29, 0.717) is 0 Å². The van der Waals surface area contributed by atoms with Gasteiger partial charge in [-0.15, -0.1) is 0 Å². The second-order valence-corrected chi connectivity index (χ2v) is 14.7. The first-order valence-electron chi connectivity index (χ1n) is 19.6. The Labute approximate surface area is 335 Å². The second-order valence-electron chi connectivity index (χ2n) is 14.7. The molecule has 0 bridgehead atoms. The van der Waals surface area contributed by atoms with Crippen molar-refractivity contribution in [3.63, 3.8) is 0 Å². The Morgan fingerprint density at radius 1 is 0.345 bits per heavy atom. The standard InChI is InChI=1S/C54H36FN3/c55-41-31-33-42(34-32-41)56(50-28-14-29-51-53(50)47-24-8-10-27-49(47)57(51)43-21-11-19-39(35-43)37-15-3-1-4-16-37)52-30-13-25-46-45-23-7-9-26-48(45)58(54(46)52)44-22-12-20-40(36-44)38-17-5-2-6-18-38/h1-36H. The lowest BCUT2D eigenvalue weighted by molar-refractivity contribution is 0.628. The molecule has 3 nitrogen and oxygen atoms in total. The molecule has 0 spiro atoms. The fourth-order valence-electron chi connectivity index (χ4n) is 8.82. The molecule has 0 aliphatic heterocycles. The van der Waals surface area contributed by atoms with Crippen molar-refractivity contribution < 1.29 is 4.39 Å². The highest BCUT2D eigenvalue weighted by molar-refractivity contribution is 6.19. The van der Waals surface area contributed by atoms with Crippen LogP contribution >= 0.6 is 0 Å². The Morgan fingerprint density at radius 2 is 0.828 bits per heavy atom. The Morgan fingerprint density at radius 3 is 1.50 bits per heavy atom. The minimum atomic E-state index is -0.276. The van der Waals surface area contributed by atoms with Crippen molar-refractivity contribution in [3.8, 4) is 33.6 Å². The fraction of sp³-hybridized carbons (Fsp3) is 0. The number of halogens is 1. The predicted molar refractivity (Wildman–Crippen MR) is 241 cm³/mol. The lowest BCUT2D eigenvalue weighted by Crippen LogP contribution is -2.12. The maximum absolute atomic E-state index is 14.8. The molecule has 0 radical (unpaired) electrons. The number of anilines is 3. The average Bonchev–Trinajstić information content (AvgIpc) is 3.82. The van der Waals surface area contributed by atoms with Gasteiger partial charge in [0.25, 0.3) is 0 Å². The van der Waals surface area contributed by atoms with E-state index in [9.17, 15) is 4.39 Å². The molecule has 0 saturated heterocycles. The van der Waals surface area contributed by atoms with Gasteiger partial charge >= 0.3 is 0 Å². The van der Waals surface area contributed by atoms with Gasteiger partial charge in [-0.3, -0.25) is 0 Å². The van der Waals surface area contributed by atoms with Gasteiger partial charge in [-0.25, -0.2) is 4.39 Å². The smallest absolute Gasteiger partial charge is 0.123 e. The molecule has 0 saturated carbocycles. The van der Waals surface area contributed by atoms with Crippen molar-refractivity contribution in [1.82, 2.24) is 9.13 Å². The first kappa shape index (κ1) is 33.6. The molecule has 11 rings (SSSR count). The summed E-state index contributed by atoms with van der Waals surface area (Å²) in [5.41, 5.74) is 14.0. The zero-order valence-electron chi connectivity index (χ0n) is 31.5. The molecule has 11 aromatic rings. The van der Waals surface area contributed by atoms with E-state index in [0.717, 1.165) is 88.7 Å². The Hall–Kier alpha value is -7.69. The lowest BCUT2D eigenvalue weighted by Gasteiger charge is -2.28. The number of hydrogen-bond donors (Lipinski definition) is 0. The monoisotopic (exact) mass is 745 g/mol. The van der Waals surface area contributed by atoms with Crippen molar-refractivity contribution in [2.75, 3.05) is 4.90 Å². The minimum absolute atomic E-state index is 0.276. The van der Waals surface area contributed by atoms with Crippen LogP contribution in [0.3, 0.4) is 0 Å². The summed E-state index contributed by atoms with van der Waals surface area (Å²) in [6.45, 7) is 0. The number of rotatable bonds is 7. The average molecular weight is 746 g/mol. The molecular formula is C54H36FN3. The van der Waals surface area contributed by atoms with Crippen molar-refractivity contribution in [1.29, 1.82) is 0 Å². The van der Waals surface area contributed by atoms with E-state index in [-0.39, 0.29) is 5.82 Å². The van der Waals surface area contributed by atoms with Crippen LogP contribution in [0.5, 0.6) is 0 Å².